The van der Waals surface area contributed by atoms with Crippen molar-refractivity contribution in [3.63, 3.8) is 0 Å². The van der Waals surface area contributed by atoms with E-state index >= 15 is 0 Å². The predicted molar refractivity (Wildman–Crippen MR) is 115 cm³/mol. The van der Waals surface area contributed by atoms with Crippen molar-refractivity contribution in [1.82, 2.24) is 9.88 Å². The first kappa shape index (κ1) is 19.5. The minimum Gasteiger partial charge on any atom is -0.495 e. The maximum absolute atomic E-state index is 13.0. The van der Waals surface area contributed by atoms with Gasteiger partial charge < -0.3 is 14.5 Å². The lowest BCUT2D eigenvalue weighted by Crippen LogP contribution is -2.44. The van der Waals surface area contributed by atoms with E-state index in [1.807, 2.05) is 18.2 Å². The van der Waals surface area contributed by atoms with Crippen LogP contribution >= 0.6 is 0 Å². The number of pyridine rings is 1. The number of ether oxygens (including phenoxy) is 1. The van der Waals surface area contributed by atoms with Crippen molar-refractivity contribution < 1.29 is 13.2 Å². The molecule has 152 valence electrons. The molecule has 0 amide bonds. The van der Waals surface area contributed by atoms with Gasteiger partial charge >= 0.3 is 0 Å². The molecule has 1 fully saturated rings. The van der Waals surface area contributed by atoms with Crippen molar-refractivity contribution in [3.8, 4) is 5.75 Å². The van der Waals surface area contributed by atoms with Gasteiger partial charge in [0.05, 0.1) is 28.9 Å². The summed E-state index contributed by atoms with van der Waals surface area (Å²) in [5.41, 5.74) is 2.01. The molecule has 3 aromatic rings. The third-order valence-electron chi connectivity index (χ3n) is 5.16. The van der Waals surface area contributed by atoms with Crippen molar-refractivity contribution in [1.29, 1.82) is 0 Å². The van der Waals surface area contributed by atoms with E-state index in [4.69, 9.17) is 4.74 Å². The molecule has 8 heteroatoms. The van der Waals surface area contributed by atoms with Crippen molar-refractivity contribution in [2.24, 2.45) is 0 Å². The van der Waals surface area contributed by atoms with Gasteiger partial charge in [-0.1, -0.05) is 12.1 Å². The van der Waals surface area contributed by atoms with E-state index in [0.29, 0.717) is 11.4 Å². The van der Waals surface area contributed by atoms with Gasteiger partial charge in [-0.15, -0.1) is 0 Å². The predicted octanol–water partition coefficient (Wildman–Crippen LogP) is 2.80. The molecule has 1 aliphatic heterocycles. The number of piperazine rings is 1. The molecule has 7 nitrogen and oxygen atoms in total. The van der Waals surface area contributed by atoms with Crippen LogP contribution in [0.25, 0.3) is 10.9 Å². The van der Waals surface area contributed by atoms with E-state index in [9.17, 15) is 8.42 Å². The second-order valence-electron chi connectivity index (χ2n) is 7.14. The summed E-state index contributed by atoms with van der Waals surface area (Å²) in [7, 11) is -0.0676. The zero-order valence-electron chi connectivity index (χ0n) is 16.5. The summed E-state index contributed by atoms with van der Waals surface area (Å²) >= 11 is 0. The Balaban J connectivity index is 1.64. The Labute approximate surface area is 171 Å². The first-order valence-electron chi connectivity index (χ1n) is 9.45. The molecule has 0 radical (unpaired) electrons. The number of likely N-dealkylation sites (N-methyl/N-ethyl adjacent to an activating group) is 1. The van der Waals surface area contributed by atoms with Crippen LogP contribution in [0.3, 0.4) is 0 Å². The molecular formula is C21H24N4O3S. The lowest BCUT2D eigenvalue weighted by atomic mass is 10.2. The molecule has 4 rings (SSSR count). The van der Waals surface area contributed by atoms with Gasteiger partial charge in [0.15, 0.2) is 0 Å². The van der Waals surface area contributed by atoms with E-state index in [2.05, 4.69) is 26.6 Å². The molecule has 1 saturated heterocycles. The molecule has 1 aliphatic rings. The Morgan fingerprint density at radius 2 is 1.83 bits per heavy atom. The van der Waals surface area contributed by atoms with Gasteiger partial charge in [0.1, 0.15) is 5.75 Å². The molecule has 2 heterocycles. The summed E-state index contributed by atoms with van der Waals surface area (Å²) in [5.74, 6) is 0.670. The third kappa shape index (κ3) is 4.13. The molecular weight excluding hydrogens is 388 g/mol. The van der Waals surface area contributed by atoms with Gasteiger partial charge in [-0.25, -0.2) is 8.42 Å². The summed E-state index contributed by atoms with van der Waals surface area (Å²) in [6, 6.07) is 14.1. The molecule has 0 unspecified atom stereocenters. The van der Waals surface area contributed by atoms with Crippen LogP contribution in [0.4, 0.5) is 11.4 Å². The number of hydrogen-bond acceptors (Lipinski definition) is 6. The molecule has 0 saturated carbocycles. The van der Waals surface area contributed by atoms with E-state index in [-0.39, 0.29) is 4.90 Å². The SMILES string of the molecule is COc1ccc(S(=O)(=O)Nc2ccc3cccnc3c2)cc1N1CCN(C)CC1. The number of benzene rings is 2. The summed E-state index contributed by atoms with van der Waals surface area (Å²) < 4.78 is 34.2. The minimum atomic E-state index is -3.75. The molecule has 1 aromatic heterocycles. The van der Waals surface area contributed by atoms with Crippen molar-refractivity contribution in [2.45, 2.75) is 4.90 Å². The van der Waals surface area contributed by atoms with E-state index < -0.39 is 10.0 Å². The number of aromatic nitrogens is 1. The van der Waals surface area contributed by atoms with Crippen molar-refractivity contribution in [2.75, 3.05) is 50.0 Å². The van der Waals surface area contributed by atoms with Gasteiger partial charge in [0, 0.05) is 37.8 Å². The number of fused-ring (bicyclic) bond motifs is 1. The topological polar surface area (TPSA) is 74.8 Å². The molecule has 29 heavy (non-hydrogen) atoms. The molecule has 1 N–H and O–H groups in total. The van der Waals surface area contributed by atoms with E-state index in [1.54, 1.807) is 43.6 Å². The Kier molecular flexibility index (Phi) is 5.29. The van der Waals surface area contributed by atoms with Gasteiger partial charge in [-0.3, -0.25) is 9.71 Å². The van der Waals surface area contributed by atoms with Crippen LogP contribution in [0.1, 0.15) is 0 Å². The minimum absolute atomic E-state index is 0.202. The zero-order valence-corrected chi connectivity index (χ0v) is 17.3. The highest BCUT2D eigenvalue weighted by molar-refractivity contribution is 7.92. The third-order valence-corrected chi connectivity index (χ3v) is 6.54. The average Bonchev–Trinajstić information content (AvgIpc) is 2.73. The number of nitrogens with zero attached hydrogens (tertiary/aromatic N) is 3. The quantitative estimate of drug-likeness (QED) is 0.695. The van der Waals surface area contributed by atoms with Gasteiger partial charge in [-0.2, -0.15) is 0 Å². The largest absolute Gasteiger partial charge is 0.495 e. The fraction of sp³-hybridized carbons (Fsp3) is 0.286. The second-order valence-corrected chi connectivity index (χ2v) is 8.82. The molecule has 2 aromatic carbocycles. The number of nitrogens with one attached hydrogen (secondary N) is 1. The van der Waals surface area contributed by atoms with Crippen LogP contribution < -0.4 is 14.4 Å². The normalized spacial score (nSPS) is 15.4. The monoisotopic (exact) mass is 412 g/mol. The average molecular weight is 413 g/mol. The molecule has 0 aliphatic carbocycles. The first-order chi connectivity index (χ1) is 14.0. The molecule has 0 spiro atoms. The van der Waals surface area contributed by atoms with Crippen molar-refractivity contribution in [3.05, 3.63) is 54.7 Å². The van der Waals surface area contributed by atoms with E-state index in [1.165, 1.54) is 0 Å². The lowest BCUT2D eigenvalue weighted by molar-refractivity contribution is 0.311. The van der Waals surface area contributed by atoms with Crippen molar-refractivity contribution >= 4 is 32.3 Å². The molecule has 0 bridgehead atoms. The van der Waals surface area contributed by atoms with Crippen LogP contribution in [0.2, 0.25) is 0 Å². The number of anilines is 2. The van der Waals surface area contributed by atoms with Gasteiger partial charge in [-0.05, 0) is 43.4 Å². The fourth-order valence-corrected chi connectivity index (χ4v) is 4.54. The molecule has 0 atom stereocenters. The smallest absolute Gasteiger partial charge is 0.261 e. The number of hydrogen-bond donors (Lipinski definition) is 1. The Bertz CT molecular complexity index is 1130. The standard InChI is InChI=1S/C21H24N4O3S/c1-24-10-12-25(13-11-24)20-15-18(7-8-21(20)28-2)29(26,27)23-17-6-5-16-4-3-9-22-19(16)14-17/h3-9,14-15,23H,10-13H2,1-2H3. The lowest BCUT2D eigenvalue weighted by Gasteiger charge is -2.34. The summed E-state index contributed by atoms with van der Waals surface area (Å²) in [6.45, 7) is 3.48. The highest BCUT2D eigenvalue weighted by Gasteiger charge is 2.22. The van der Waals surface area contributed by atoms with Crippen LogP contribution in [-0.4, -0.2) is 58.6 Å². The summed E-state index contributed by atoms with van der Waals surface area (Å²) in [5, 5.41) is 0.956. The number of methoxy groups -OCH3 is 1. The highest BCUT2D eigenvalue weighted by Crippen LogP contribution is 2.32. The fourth-order valence-electron chi connectivity index (χ4n) is 3.48. The van der Waals surface area contributed by atoms with Gasteiger partial charge in [0.2, 0.25) is 0 Å². The maximum atomic E-state index is 13.0. The first-order valence-corrected chi connectivity index (χ1v) is 10.9. The number of sulfonamides is 1. The van der Waals surface area contributed by atoms with Crippen LogP contribution in [-0.2, 0) is 10.0 Å². The Hall–Kier alpha value is -2.84. The highest BCUT2D eigenvalue weighted by atomic mass is 32.2. The second kappa shape index (κ2) is 7.88. The summed E-state index contributed by atoms with van der Waals surface area (Å²) in [6.07, 6.45) is 1.69. The van der Waals surface area contributed by atoms with Crippen LogP contribution in [0.15, 0.2) is 59.6 Å². The zero-order chi connectivity index (χ0) is 20.4. The maximum Gasteiger partial charge on any atom is 0.261 e. The Morgan fingerprint density at radius 1 is 1.03 bits per heavy atom. The Morgan fingerprint density at radius 3 is 2.59 bits per heavy atom. The van der Waals surface area contributed by atoms with E-state index in [0.717, 1.165) is 42.8 Å². The van der Waals surface area contributed by atoms with Gasteiger partial charge in [0.25, 0.3) is 10.0 Å². The summed E-state index contributed by atoms with van der Waals surface area (Å²) in [4.78, 5) is 8.90. The van der Waals surface area contributed by atoms with Crippen LogP contribution in [0, 0.1) is 0 Å². The van der Waals surface area contributed by atoms with Crippen LogP contribution in [0.5, 0.6) is 5.75 Å². The number of rotatable bonds is 5.